The average Bonchev–Trinajstić information content (AvgIpc) is 3.01. The number of nitrogens with one attached hydrogen (secondary N) is 1. The van der Waals surface area contributed by atoms with Gasteiger partial charge in [-0.3, -0.25) is 0 Å². The molecule has 0 spiro atoms. The molecule has 5 nitrogen and oxygen atoms in total. The maximum absolute atomic E-state index is 5.10. The van der Waals surface area contributed by atoms with E-state index >= 15 is 0 Å². The van der Waals surface area contributed by atoms with Gasteiger partial charge in [-0.15, -0.1) is 0 Å². The van der Waals surface area contributed by atoms with E-state index in [1.54, 1.807) is 0 Å². The molecule has 0 aliphatic heterocycles. The van der Waals surface area contributed by atoms with Gasteiger partial charge >= 0.3 is 0 Å². The topological polar surface area (TPSA) is 55.9 Å². The molecule has 1 atom stereocenters. The fraction of sp³-hybridized carbons (Fsp3) is 0.538. The van der Waals surface area contributed by atoms with Crippen molar-refractivity contribution >= 4 is 0 Å². The normalized spacial score (nSPS) is 12.8. The average molecular weight is 248 g/mol. The van der Waals surface area contributed by atoms with Crippen LogP contribution in [0.15, 0.2) is 23.0 Å². The number of nitrogens with zero attached hydrogens (tertiary/aromatic N) is 3. The fourth-order valence-corrected chi connectivity index (χ4v) is 2.03. The van der Waals surface area contributed by atoms with E-state index in [9.17, 15) is 0 Å². The van der Waals surface area contributed by atoms with Gasteiger partial charge in [-0.05, 0) is 25.1 Å². The molecular weight excluding hydrogens is 228 g/mol. The fourth-order valence-electron chi connectivity index (χ4n) is 2.03. The first kappa shape index (κ1) is 12.8. The second-order valence-corrected chi connectivity index (χ2v) is 4.32. The molecule has 98 valence electrons. The van der Waals surface area contributed by atoms with Gasteiger partial charge in [-0.1, -0.05) is 19.0 Å². The Morgan fingerprint density at radius 1 is 1.44 bits per heavy atom. The van der Waals surface area contributed by atoms with Crippen molar-refractivity contribution in [3.8, 4) is 0 Å². The van der Waals surface area contributed by atoms with Gasteiger partial charge in [-0.2, -0.15) is 4.98 Å². The predicted octanol–water partition coefficient (Wildman–Crippen LogP) is 2.15. The lowest BCUT2D eigenvalue weighted by atomic mass is 10.1. The van der Waals surface area contributed by atoms with Crippen LogP contribution in [-0.4, -0.2) is 21.8 Å². The molecule has 2 aromatic heterocycles. The summed E-state index contributed by atoms with van der Waals surface area (Å²) < 4.78 is 7.18. The minimum atomic E-state index is 0.405. The number of hydrogen-bond donors (Lipinski definition) is 1. The first-order valence-electron chi connectivity index (χ1n) is 6.41. The van der Waals surface area contributed by atoms with Crippen LogP contribution in [0.1, 0.15) is 43.6 Å². The van der Waals surface area contributed by atoms with Crippen molar-refractivity contribution in [1.29, 1.82) is 0 Å². The summed E-state index contributed by atoms with van der Waals surface area (Å²) in [6, 6.07) is 2.54. The minimum Gasteiger partial charge on any atom is -0.346 e. The maximum Gasteiger partial charge on any atom is 0.226 e. The van der Waals surface area contributed by atoms with Gasteiger partial charge < -0.3 is 14.4 Å². The van der Waals surface area contributed by atoms with Crippen molar-refractivity contribution in [3.05, 3.63) is 35.7 Å². The Balaban J connectivity index is 2.06. The Bertz CT molecular complexity index is 485. The monoisotopic (exact) mass is 248 g/mol. The van der Waals surface area contributed by atoms with Crippen molar-refractivity contribution in [1.82, 2.24) is 20.0 Å². The Kier molecular flexibility index (Phi) is 4.15. The standard InChI is InChI=1S/C13H20N4O/c1-4-11(14-3)10-6-7-17(8-10)9-12-15-13(5-2)18-16-12/h6-8,11,14H,4-5,9H2,1-3H3. The number of hydrogen-bond acceptors (Lipinski definition) is 4. The van der Waals surface area contributed by atoms with Crippen LogP contribution in [-0.2, 0) is 13.0 Å². The first-order chi connectivity index (χ1) is 8.76. The van der Waals surface area contributed by atoms with E-state index in [-0.39, 0.29) is 0 Å². The predicted molar refractivity (Wildman–Crippen MR) is 69.3 cm³/mol. The maximum atomic E-state index is 5.10. The summed E-state index contributed by atoms with van der Waals surface area (Å²) in [7, 11) is 1.98. The highest BCUT2D eigenvalue weighted by molar-refractivity contribution is 5.15. The van der Waals surface area contributed by atoms with E-state index in [2.05, 4.69) is 45.4 Å². The highest BCUT2D eigenvalue weighted by atomic mass is 16.5. The van der Waals surface area contributed by atoms with Crippen LogP contribution in [0.25, 0.3) is 0 Å². The van der Waals surface area contributed by atoms with Gasteiger partial charge in [0.25, 0.3) is 0 Å². The molecule has 0 aliphatic rings. The zero-order valence-electron chi connectivity index (χ0n) is 11.2. The van der Waals surface area contributed by atoms with E-state index in [4.69, 9.17) is 4.52 Å². The summed E-state index contributed by atoms with van der Waals surface area (Å²) in [5.41, 5.74) is 1.29. The highest BCUT2D eigenvalue weighted by Crippen LogP contribution is 2.16. The van der Waals surface area contributed by atoms with E-state index in [0.29, 0.717) is 18.5 Å². The third kappa shape index (κ3) is 2.79. The van der Waals surface area contributed by atoms with Crippen LogP contribution in [0.3, 0.4) is 0 Å². The highest BCUT2D eigenvalue weighted by Gasteiger charge is 2.09. The third-order valence-electron chi connectivity index (χ3n) is 3.07. The van der Waals surface area contributed by atoms with E-state index < -0.39 is 0 Å². The second kappa shape index (κ2) is 5.82. The molecule has 0 bridgehead atoms. The summed E-state index contributed by atoms with van der Waals surface area (Å²) in [4.78, 5) is 4.30. The molecule has 0 radical (unpaired) electrons. The molecule has 2 aromatic rings. The van der Waals surface area contributed by atoms with Gasteiger partial charge in [0.15, 0.2) is 5.82 Å². The molecule has 2 rings (SSSR count). The lowest BCUT2D eigenvalue weighted by molar-refractivity contribution is 0.375. The summed E-state index contributed by atoms with van der Waals surface area (Å²) in [6.45, 7) is 4.83. The van der Waals surface area contributed by atoms with E-state index in [1.165, 1.54) is 5.56 Å². The molecule has 0 saturated heterocycles. The Morgan fingerprint density at radius 3 is 2.89 bits per heavy atom. The molecule has 1 N–H and O–H groups in total. The molecule has 2 heterocycles. The summed E-state index contributed by atoms with van der Waals surface area (Å²) in [6.07, 6.45) is 6.04. The van der Waals surface area contributed by atoms with Crippen molar-refractivity contribution in [2.24, 2.45) is 0 Å². The smallest absolute Gasteiger partial charge is 0.226 e. The summed E-state index contributed by atoms with van der Waals surface area (Å²) >= 11 is 0. The molecule has 0 aliphatic carbocycles. The van der Waals surface area contributed by atoms with Gasteiger partial charge in [0, 0.05) is 24.9 Å². The molecule has 1 unspecified atom stereocenters. The van der Waals surface area contributed by atoms with Crippen molar-refractivity contribution in [3.63, 3.8) is 0 Å². The SMILES string of the molecule is CCc1nc(Cn2ccc(C(CC)NC)c2)no1. The van der Waals surface area contributed by atoms with Crippen LogP contribution in [0.5, 0.6) is 0 Å². The van der Waals surface area contributed by atoms with Crippen molar-refractivity contribution in [2.45, 2.75) is 39.3 Å². The molecule has 0 fully saturated rings. The van der Waals surface area contributed by atoms with Crippen LogP contribution in [0.4, 0.5) is 0 Å². The molecule has 18 heavy (non-hydrogen) atoms. The molecular formula is C13H20N4O. The molecule has 0 amide bonds. The first-order valence-corrected chi connectivity index (χ1v) is 6.41. The molecule has 5 heteroatoms. The second-order valence-electron chi connectivity index (χ2n) is 4.32. The largest absolute Gasteiger partial charge is 0.346 e. The van der Waals surface area contributed by atoms with Crippen LogP contribution >= 0.6 is 0 Å². The van der Waals surface area contributed by atoms with Crippen molar-refractivity contribution < 1.29 is 4.52 Å². The van der Waals surface area contributed by atoms with Gasteiger partial charge in [0.1, 0.15) is 0 Å². The summed E-state index contributed by atoms with van der Waals surface area (Å²) in [5.74, 6) is 1.42. The molecule has 0 saturated carbocycles. The Hall–Kier alpha value is -1.62. The van der Waals surface area contributed by atoms with E-state index in [1.807, 2.05) is 14.0 Å². The van der Waals surface area contributed by atoms with Crippen LogP contribution < -0.4 is 5.32 Å². The lowest BCUT2D eigenvalue weighted by Gasteiger charge is -2.11. The van der Waals surface area contributed by atoms with Crippen molar-refractivity contribution in [2.75, 3.05) is 7.05 Å². The van der Waals surface area contributed by atoms with E-state index in [0.717, 1.165) is 18.7 Å². The van der Waals surface area contributed by atoms with Crippen LogP contribution in [0, 0.1) is 0 Å². The Labute approximate surface area is 107 Å². The third-order valence-corrected chi connectivity index (χ3v) is 3.07. The minimum absolute atomic E-state index is 0.405. The van der Waals surface area contributed by atoms with Gasteiger partial charge in [0.2, 0.25) is 5.89 Å². The zero-order chi connectivity index (χ0) is 13.0. The Morgan fingerprint density at radius 2 is 2.28 bits per heavy atom. The molecule has 0 aromatic carbocycles. The van der Waals surface area contributed by atoms with Gasteiger partial charge in [0.05, 0.1) is 6.54 Å². The summed E-state index contributed by atoms with van der Waals surface area (Å²) in [5, 5.41) is 7.25. The number of aromatic nitrogens is 3. The van der Waals surface area contributed by atoms with Gasteiger partial charge in [-0.25, -0.2) is 0 Å². The zero-order valence-corrected chi connectivity index (χ0v) is 11.2. The lowest BCUT2D eigenvalue weighted by Crippen LogP contribution is -2.14. The number of rotatable bonds is 6. The number of aryl methyl sites for hydroxylation is 1. The van der Waals surface area contributed by atoms with Crippen LogP contribution in [0.2, 0.25) is 0 Å². The quantitative estimate of drug-likeness (QED) is 0.851.